The molecule has 0 aliphatic rings. The quantitative estimate of drug-likeness (QED) is 0.857. The highest BCUT2D eigenvalue weighted by atomic mass is 32.2. The number of nitrogens with zero attached hydrogens (tertiary/aromatic N) is 1. The number of sulfonamides is 1. The zero-order chi connectivity index (χ0) is 15.4. The number of nitrogens with two attached hydrogens (primary N) is 1. The lowest BCUT2D eigenvalue weighted by molar-refractivity contribution is -0.134. The summed E-state index contributed by atoms with van der Waals surface area (Å²) in [6.45, 7) is -0.977. The highest BCUT2D eigenvalue weighted by molar-refractivity contribution is 7.89. The van der Waals surface area contributed by atoms with Gasteiger partial charge in [-0.2, -0.15) is 17.5 Å². The van der Waals surface area contributed by atoms with Crippen LogP contribution in [-0.4, -0.2) is 45.6 Å². The minimum Gasteiger partial charge on any atom is -0.492 e. The van der Waals surface area contributed by atoms with Crippen LogP contribution in [0.15, 0.2) is 29.2 Å². The van der Waals surface area contributed by atoms with E-state index in [9.17, 15) is 21.6 Å². The first-order chi connectivity index (χ1) is 9.16. The Balaban J connectivity index is 2.87. The van der Waals surface area contributed by atoms with Crippen LogP contribution in [0.25, 0.3) is 0 Å². The van der Waals surface area contributed by atoms with Gasteiger partial charge in [0.15, 0.2) is 0 Å². The average Bonchev–Trinajstić information content (AvgIpc) is 2.34. The Morgan fingerprint density at radius 2 is 1.80 bits per heavy atom. The maximum atomic E-state index is 12.2. The Morgan fingerprint density at radius 3 is 2.25 bits per heavy atom. The van der Waals surface area contributed by atoms with Crippen LogP contribution in [0.2, 0.25) is 0 Å². The van der Waals surface area contributed by atoms with E-state index in [4.69, 9.17) is 10.5 Å². The van der Waals surface area contributed by atoms with Crippen molar-refractivity contribution in [3.05, 3.63) is 24.3 Å². The van der Waals surface area contributed by atoms with E-state index in [-0.39, 0.29) is 15.8 Å². The Bertz CT molecular complexity index is 529. The highest BCUT2D eigenvalue weighted by Crippen LogP contribution is 2.22. The average molecular weight is 312 g/mol. The molecule has 1 aromatic rings. The minimum absolute atomic E-state index is 0.232. The van der Waals surface area contributed by atoms with Gasteiger partial charge in [0.1, 0.15) is 18.9 Å². The zero-order valence-corrected chi connectivity index (χ0v) is 11.5. The van der Waals surface area contributed by atoms with Gasteiger partial charge in [0.05, 0.1) is 4.90 Å². The largest absolute Gasteiger partial charge is 0.492 e. The minimum atomic E-state index is -4.59. The Morgan fingerprint density at radius 1 is 1.25 bits per heavy atom. The van der Waals surface area contributed by atoms with Crippen LogP contribution in [0.5, 0.6) is 5.75 Å². The van der Waals surface area contributed by atoms with Gasteiger partial charge < -0.3 is 10.5 Å². The van der Waals surface area contributed by atoms with Crippen LogP contribution in [0.3, 0.4) is 0 Å². The summed E-state index contributed by atoms with van der Waals surface area (Å²) >= 11 is 0. The fourth-order valence-electron chi connectivity index (χ4n) is 1.40. The van der Waals surface area contributed by atoms with E-state index in [0.29, 0.717) is 12.3 Å². The van der Waals surface area contributed by atoms with Crippen molar-refractivity contribution in [2.75, 3.05) is 26.7 Å². The molecule has 0 saturated carbocycles. The molecule has 0 aliphatic heterocycles. The van der Waals surface area contributed by atoms with Crippen molar-refractivity contribution in [2.45, 2.75) is 11.1 Å². The second-order valence-electron chi connectivity index (χ2n) is 3.98. The van der Waals surface area contributed by atoms with E-state index < -0.39 is 22.7 Å². The summed E-state index contributed by atoms with van der Waals surface area (Å²) in [5.74, 6) is 0.396. The van der Waals surface area contributed by atoms with Gasteiger partial charge in [-0.3, -0.25) is 0 Å². The summed E-state index contributed by atoms with van der Waals surface area (Å²) in [5.41, 5.74) is 5.24. The Labute approximate surface area is 115 Å². The molecule has 0 aliphatic carbocycles. The number of halogens is 3. The number of alkyl halides is 3. The molecule has 0 radical (unpaired) electrons. The van der Waals surface area contributed by atoms with Crippen molar-refractivity contribution < 1.29 is 26.3 Å². The van der Waals surface area contributed by atoms with Crippen LogP contribution in [-0.2, 0) is 10.0 Å². The third kappa shape index (κ3) is 4.66. The second-order valence-corrected chi connectivity index (χ2v) is 6.03. The number of benzene rings is 1. The molecular formula is C11H15F3N2O3S. The molecule has 1 aromatic carbocycles. The smallest absolute Gasteiger partial charge is 0.402 e. The summed E-state index contributed by atoms with van der Waals surface area (Å²) in [4.78, 5) is -0.232. The topological polar surface area (TPSA) is 72.6 Å². The lowest BCUT2D eigenvalue weighted by Crippen LogP contribution is -2.35. The Hall–Kier alpha value is -1.32. The van der Waals surface area contributed by atoms with Crippen molar-refractivity contribution in [1.29, 1.82) is 0 Å². The SMILES string of the molecule is CN(CC(F)(F)F)S(=O)(=O)c1ccc(OCCN)cc1. The normalized spacial score (nSPS) is 12.7. The molecule has 20 heavy (non-hydrogen) atoms. The van der Waals surface area contributed by atoms with Gasteiger partial charge in [-0.15, -0.1) is 0 Å². The molecule has 0 atom stereocenters. The summed E-state index contributed by atoms with van der Waals surface area (Å²) in [6, 6.07) is 5.11. The lowest BCUT2D eigenvalue weighted by Gasteiger charge is -2.18. The lowest BCUT2D eigenvalue weighted by atomic mass is 10.3. The number of ether oxygens (including phenoxy) is 1. The molecule has 0 aromatic heterocycles. The van der Waals surface area contributed by atoms with E-state index in [2.05, 4.69) is 0 Å². The molecule has 1 rings (SSSR count). The van der Waals surface area contributed by atoms with E-state index >= 15 is 0 Å². The van der Waals surface area contributed by atoms with Crippen molar-refractivity contribution in [3.63, 3.8) is 0 Å². The zero-order valence-electron chi connectivity index (χ0n) is 10.7. The summed E-state index contributed by atoms with van der Waals surface area (Å²) < 4.78 is 65.9. The molecule has 2 N–H and O–H groups in total. The fourth-order valence-corrected chi connectivity index (χ4v) is 2.56. The predicted octanol–water partition coefficient (Wildman–Crippen LogP) is 1.21. The van der Waals surface area contributed by atoms with Gasteiger partial charge in [0.2, 0.25) is 10.0 Å². The van der Waals surface area contributed by atoms with Gasteiger partial charge in [-0.25, -0.2) is 8.42 Å². The standard InChI is InChI=1S/C11H15F3N2O3S/c1-16(8-11(12,13)14)20(17,18)10-4-2-9(3-5-10)19-7-6-15/h2-5H,6-8,15H2,1H3. The van der Waals surface area contributed by atoms with Gasteiger partial charge in [-0.05, 0) is 24.3 Å². The molecular weight excluding hydrogens is 297 g/mol. The molecule has 0 bridgehead atoms. The van der Waals surface area contributed by atoms with E-state index in [1.807, 2.05) is 0 Å². The predicted molar refractivity (Wildman–Crippen MR) is 66.9 cm³/mol. The molecule has 0 unspecified atom stereocenters. The molecule has 0 fully saturated rings. The molecule has 0 heterocycles. The maximum Gasteiger partial charge on any atom is 0.402 e. The van der Waals surface area contributed by atoms with Crippen LogP contribution in [0.1, 0.15) is 0 Å². The number of hydrogen-bond acceptors (Lipinski definition) is 4. The fraction of sp³-hybridized carbons (Fsp3) is 0.455. The van der Waals surface area contributed by atoms with Gasteiger partial charge in [0.25, 0.3) is 0 Å². The van der Waals surface area contributed by atoms with Crippen LogP contribution in [0.4, 0.5) is 13.2 Å². The van der Waals surface area contributed by atoms with E-state index in [0.717, 1.165) is 7.05 Å². The number of rotatable bonds is 6. The Kier molecular flexibility index (Phi) is 5.37. The molecule has 0 amide bonds. The molecule has 114 valence electrons. The third-order valence-electron chi connectivity index (χ3n) is 2.32. The summed E-state index contributed by atoms with van der Waals surface area (Å²) in [7, 11) is -3.30. The van der Waals surface area contributed by atoms with E-state index in [1.54, 1.807) is 0 Å². The second kappa shape index (κ2) is 6.42. The first kappa shape index (κ1) is 16.7. The van der Waals surface area contributed by atoms with Crippen molar-refractivity contribution >= 4 is 10.0 Å². The first-order valence-corrected chi connectivity index (χ1v) is 7.07. The van der Waals surface area contributed by atoms with Crippen LogP contribution < -0.4 is 10.5 Å². The third-order valence-corrected chi connectivity index (χ3v) is 4.14. The molecule has 5 nitrogen and oxygen atoms in total. The van der Waals surface area contributed by atoms with Crippen LogP contribution in [0, 0.1) is 0 Å². The summed E-state index contributed by atoms with van der Waals surface area (Å²) in [6.07, 6.45) is -4.59. The molecule has 9 heteroatoms. The van der Waals surface area contributed by atoms with Crippen LogP contribution >= 0.6 is 0 Å². The van der Waals surface area contributed by atoms with Gasteiger partial charge >= 0.3 is 6.18 Å². The first-order valence-electron chi connectivity index (χ1n) is 5.63. The molecule has 0 spiro atoms. The van der Waals surface area contributed by atoms with E-state index in [1.165, 1.54) is 24.3 Å². The maximum absolute atomic E-state index is 12.2. The monoisotopic (exact) mass is 312 g/mol. The summed E-state index contributed by atoms with van der Waals surface area (Å²) in [5, 5.41) is 0. The molecule has 0 saturated heterocycles. The van der Waals surface area contributed by atoms with Crippen molar-refractivity contribution in [3.8, 4) is 5.75 Å². The highest BCUT2D eigenvalue weighted by Gasteiger charge is 2.34. The van der Waals surface area contributed by atoms with Crippen molar-refractivity contribution in [2.24, 2.45) is 5.73 Å². The van der Waals surface area contributed by atoms with Gasteiger partial charge in [-0.1, -0.05) is 0 Å². The van der Waals surface area contributed by atoms with Crippen molar-refractivity contribution in [1.82, 2.24) is 4.31 Å². The number of hydrogen-bond donors (Lipinski definition) is 1. The van der Waals surface area contributed by atoms with Gasteiger partial charge in [0, 0.05) is 13.6 Å².